The summed E-state index contributed by atoms with van der Waals surface area (Å²) >= 11 is 0. The van der Waals surface area contributed by atoms with Crippen LogP contribution in [0.5, 0.6) is 0 Å². The zero-order chi connectivity index (χ0) is 27.3. The van der Waals surface area contributed by atoms with E-state index in [0.717, 1.165) is 37.0 Å². The van der Waals surface area contributed by atoms with Crippen LogP contribution in [0, 0.1) is 46.3 Å². The molecule has 8 nitrogen and oxygen atoms in total. The summed E-state index contributed by atoms with van der Waals surface area (Å²) in [6.07, 6.45) is 4.89. The van der Waals surface area contributed by atoms with Crippen molar-refractivity contribution in [1.29, 1.82) is 0 Å². The van der Waals surface area contributed by atoms with Crippen LogP contribution in [0.2, 0.25) is 0 Å². The summed E-state index contributed by atoms with van der Waals surface area (Å²) in [5.41, 5.74) is -0.369. The summed E-state index contributed by atoms with van der Waals surface area (Å²) in [6, 6.07) is 0. The minimum Gasteiger partial charge on any atom is -0.393 e. The maximum atomic E-state index is 13.4. The molecular formula is C27H46FNO7S. The molecule has 0 heterocycles. The van der Waals surface area contributed by atoms with Crippen molar-refractivity contribution in [3.8, 4) is 0 Å². The molecule has 0 spiro atoms. The molecular weight excluding hydrogens is 500 g/mol. The molecule has 0 bridgehead atoms. The molecule has 4 aliphatic rings. The molecule has 5 unspecified atom stereocenters. The van der Waals surface area contributed by atoms with Gasteiger partial charge in [0, 0.05) is 13.0 Å². The normalized spacial score (nSPS) is 44.4. The van der Waals surface area contributed by atoms with Gasteiger partial charge >= 0.3 is 0 Å². The highest BCUT2D eigenvalue weighted by Gasteiger charge is 2.65. The summed E-state index contributed by atoms with van der Waals surface area (Å²) < 4.78 is 44.3. The van der Waals surface area contributed by atoms with Gasteiger partial charge in [0.25, 0.3) is 10.1 Å². The minimum absolute atomic E-state index is 0.0133. The Morgan fingerprint density at radius 2 is 1.78 bits per heavy atom. The molecule has 4 N–H and O–H groups in total. The predicted molar refractivity (Wildman–Crippen MR) is 137 cm³/mol. The highest BCUT2D eigenvalue weighted by Crippen LogP contribution is 2.68. The Labute approximate surface area is 220 Å². The van der Waals surface area contributed by atoms with Crippen molar-refractivity contribution >= 4 is 16.0 Å². The third kappa shape index (κ3) is 5.34. The number of hydrogen-bond donors (Lipinski definition) is 4. The molecule has 37 heavy (non-hydrogen) atoms. The number of alkyl halides is 1. The third-order valence-electron chi connectivity index (χ3n) is 11.5. The van der Waals surface area contributed by atoms with Crippen LogP contribution in [-0.4, -0.2) is 76.5 Å². The number of aliphatic hydroxyl groups is 3. The fourth-order valence-electron chi connectivity index (χ4n) is 9.32. The zero-order valence-corrected chi connectivity index (χ0v) is 23.2. The molecule has 214 valence electrons. The van der Waals surface area contributed by atoms with Crippen LogP contribution in [-0.2, 0) is 14.9 Å². The molecule has 11 atom stereocenters. The van der Waals surface area contributed by atoms with Gasteiger partial charge < -0.3 is 20.2 Å². The number of nitrogens with zero attached hydrogens (tertiary/aromatic N) is 1. The first-order valence-corrected chi connectivity index (χ1v) is 15.7. The Hall–Kier alpha value is -0.810. The molecule has 4 rings (SSSR count). The van der Waals surface area contributed by atoms with Gasteiger partial charge in [-0.05, 0) is 97.7 Å². The monoisotopic (exact) mass is 546 g/mol. The largest absolute Gasteiger partial charge is 0.393 e. The third-order valence-corrected chi connectivity index (χ3v) is 12.1. The van der Waals surface area contributed by atoms with Gasteiger partial charge in [-0.1, -0.05) is 20.8 Å². The first-order chi connectivity index (χ1) is 17.2. The number of hydrogen-bond acceptors (Lipinski definition) is 6. The molecule has 0 radical (unpaired) electrons. The lowest BCUT2D eigenvalue weighted by molar-refractivity contribution is -0.207. The fraction of sp³-hybridized carbons (Fsp3) is 0.963. The van der Waals surface area contributed by atoms with Gasteiger partial charge in [0.1, 0.15) is 0 Å². The van der Waals surface area contributed by atoms with Crippen LogP contribution in [0.15, 0.2) is 0 Å². The van der Waals surface area contributed by atoms with E-state index in [-0.39, 0.29) is 65.4 Å². The van der Waals surface area contributed by atoms with Gasteiger partial charge in [-0.3, -0.25) is 9.35 Å². The van der Waals surface area contributed by atoms with E-state index in [4.69, 9.17) is 4.55 Å². The topological polar surface area (TPSA) is 135 Å². The zero-order valence-electron chi connectivity index (χ0n) is 22.4. The standard InChI is InChI=1S/C27H46FNO7S/c1-16(4-7-24(33)29(15-28)10-11-37(34,35)36)19-5-6-20-25-21(14-23(32)27(19,20)3)26(2)9-8-18(30)12-17(26)13-22(25)31/h16-23,25,30-32H,4-15H2,1-3H3,(H,34,35,36)/t16-,17?,18-,19-,20?,21?,22?,23+,25?,26+,27-/m1/s1/i28-1. The number of halogens is 1. The van der Waals surface area contributed by atoms with E-state index < -0.39 is 40.8 Å². The highest BCUT2D eigenvalue weighted by molar-refractivity contribution is 7.85. The SMILES string of the molecule is C[C@H](CCC(=O)N(C[18F])CCS(=O)(=O)O)[C@H]1CCC2C3C(O)CC4C[C@H](O)CC[C@]4(C)C3C[C@H](O)[C@@]21C. The van der Waals surface area contributed by atoms with Gasteiger partial charge in [0.2, 0.25) is 5.91 Å². The van der Waals surface area contributed by atoms with Crippen molar-refractivity contribution in [2.75, 3.05) is 19.1 Å². The van der Waals surface area contributed by atoms with E-state index in [2.05, 4.69) is 20.8 Å². The smallest absolute Gasteiger partial charge is 0.266 e. The van der Waals surface area contributed by atoms with Crippen LogP contribution in [0.4, 0.5) is 4.39 Å². The van der Waals surface area contributed by atoms with Crippen molar-refractivity contribution in [3.63, 3.8) is 0 Å². The molecule has 0 aromatic carbocycles. The van der Waals surface area contributed by atoms with Crippen LogP contribution >= 0.6 is 0 Å². The van der Waals surface area contributed by atoms with E-state index in [0.29, 0.717) is 19.3 Å². The second kappa shape index (κ2) is 10.6. The van der Waals surface area contributed by atoms with Crippen LogP contribution in [0.3, 0.4) is 0 Å². The average Bonchev–Trinajstić information content (AvgIpc) is 3.17. The van der Waals surface area contributed by atoms with Gasteiger partial charge in [-0.15, -0.1) is 0 Å². The lowest BCUT2D eigenvalue weighted by Crippen LogP contribution is -2.62. The first-order valence-electron chi connectivity index (χ1n) is 14.1. The van der Waals surface area contributed by atoms with E-state index >= 15 is 0 Å². The van der Waals surface area contributed by atoms with Gasteiger partial charge in [0.05, 0.1) is 24.1 Å². The Balaban J connectivity index is 1.45. The maximum Gasteiger partial charge on any atom is 0.266 e. The Morgan fingerprint density at radius 1 is 1.08 bits per heavy atom. The lowest BCUT2D eigenvalue weighted by Gasteiger charge is -2.63. The molecule has 4 aliphatic carbocycles. The average molecular weight is 547 g/mol. The summed E-state index contributed by atoms with van der Waals surface area (Å²) in [4.78, 5) is 13.4. The van der Waals surface area contributed by atoms with Crippen molar-refractivity contribution in [1.82, 2.24) is 4.90 Å². The second-order valence-electron chi connectivity index (χ2n) is 13.1. The summed E-state index contributed by atoms with van der Waals surface area (Å²) in [7, 11) is -4.28. The quantitative estimate of drug-likeness (QED) is 0.271. The highest BCUT2D eigenvalue weighted by atomic mass is 32.2. The molecule has 0 saturated heterocycles. The molecule has 10 heteroatoms. The van der Waals surface area contributed by atoms with Crippen LogP contribution in [0.25, 0.3) is 0 Å². The molecule has 1 amide bonds. The van der Waals surface area contributed by atoms with Crippen molar-refractivity contribution in [2.24, 2.45) is 46.3 Å². The minimum atomic E-state index is -4.28. The van der Waals surface area contributed by atoms with Crippen LogP contribution < -0.4 is 0 Å². The molecule has 0 aromatic heterocycles. The fourth-order valence-corrected chi connectivity index (χ4v) is 9.77. The number of amides is 1. The first kappa shape index (κ1) is 29.2. The Bertz CT molecular complexity index is 949. The molecule has 0 aliphatic heterocycles. The van der Waals surface area contributed by atoms with E-state index in [1.807, 2.05) is 0 Å². The lowest BCUT2D eigenvalue weighted by atomic mass is 9.43. The number of aliphatic hydroxyl groups excluding tert-OH is 3. The van der Waals surface area contributed by atoms with Gasteiger partial charge in [0.15, 0.2) is 6.80 Å². The van der Waals surface area contributed by atoms with E-state index in [1.165, 1.54) is 0 Å². The maximum absolute atomic E-state index is 13.4. The summed E-state index contributed by atoms with van der Waals surface area (Å²) in [6.45, 7) is 5.03. The predicted octanol–water partition coefficient (Wildman–Crippen LogP) is 3.01. The van der Waals surface area contributed by atoms with Gasteiger partial charge in [-0.25, -0.2) is 4.39 Å². The summed E-state index contributed by atoms with van der Waals surface area (Å²) in [5, 5.41) is 33.3. The molecule has 0 aromatic rings. The molecule has 4 fully saturated rings. The second-order valence-corrected chi connectivity index (χ2v) is 14.7. The Kier molecular flexibility index (Phi) is 8.39. The van der Waals surface area contributed by atoms with Gasteiger partial charge in [-0.2, -0.15) is 8.42 Å². The van der Waals surface area contributed by atoms with E-state index in [9.17, 15) is 32.9 Å². The number of rotatable bonds is 8. The number of carbonyl (C=O) groups is 1. The van der Waals surface area contributed by atoms with Crippen molar-refractivity contribution < 1.29 is 37.5 Å². The number of fused-ring (bicyclic) bond motifs is 5. The molecule has 4 saturated carbocycles. The van der Waals surface area contributed by atoms with Crippen molar-refractivity contribution in [2.45, 2.75) is 96.9 Å². The number of carbonyl (C=O) groups excluding carboxylic acids is 1. The van der Waals surface area contributed by atoms with E-state index in [1.54, 1.807) is 0 Å². The summed E-state index contributed by atoms with van der Waals surface area (Å²) in [5.74, 6) is -0.152. The Morgan fingerprint density at radius 3 is 2.43 bits per heavy atom. The van der Waals surface area contributed by atoms with Crippen LogP contribution in [0.1, 0.15) is 78.6 Å². The van der Waals surface area contributed by atoms with Crippen molar-refractivity contribution in [3.05, 3.63) is 0 Å².